The highest BCUT2D eigenvalue weighted by molar-refractivity contribution is 5.16. The fraction of sp³-hybridized carbons (Fsp3) is 0.600. The highest BCUT2D eigenvalue weighted by Gasteiger charge is 2.24. The molecule has 0 aromatic heterocycles. The van der Waals surface area contributed by atoms with E-state index in [0.717, 1.165) is 19.6 Å². The molecule has 1 aromatic rings. The van der Waals surface area contributed by atoms with Crippen molar-refractivity contribution in [3.8, 4) is 0 Å². The van der Waals surface area contributed by atoms with Crippen molar-refractivity contribution in [2.24, 2.45) is 0 Å². The molecular formula is C15H23FN2. The van der Waals surface area contributed by atoms with E-state index in [4.69, 9.17) is 0 Å². The Labute approximate surface area is 109 Å². The van der Waals surface area contributed by atoms with Crippen LogP contribution in [0.4, 0.5) is 4.39 Å². The molecule has 100 valence electrons. The summed E-state index contributed by atoms with van der Waals surface area (Å²) in [4.78, 5) is 2.49. The molecule has 1 saturated heterocycles. The van der Waals surface area contributed by atoms with Crippen LogP contribution >= 0.6 is 0 Å². The Morgan fingerprint density at radius 2 is 2.06 bits per heavy atom. The third-order valence-electron chi connectivity index (χ3n) is 3.81. The topological polar surface area (TPSA) is 15.3 Å². The van der Waals surface area contributed by atoms with E-state index in [9.17, 15) is 4.39 Å². The maximum Gasteiger partial charge on any atom is 0.123 e. The molecular weight excluding hydrogens is 227 g/mol. The Morgan fingerprint density at radius 1 is 1.33 bits per heavy atom. The molecule has 2 nitrogen and oxygen atoms in total. The lowest BCUT2D eigenvalue weighted by Gasteiger charge is -2.38. The van der Waals surface area contributed by atoms with E-state index in [0.29, 0.717) is 12.1 Å². The quantitative estimate of drug-likeness (QED) is 0.884. The Morgan fingerprint density at radius 3 is 2.67 bits per heavy atom. The van der Waals surface area contributed by atoms with Gasteiger partial charge < -0.3 is 5.32 Å². The van der Waals surface area contributed by atoms with Crippen LogP contribution in [0, 0.1) is 5.82 Å². The average Bonchev–Trinajstić information content (AvgIpc) is 2.36. The summed E-state index contributed by atoms with van der Waals surface area (Å²) in [6.07, 6.45) is 2.41. The minimum absolute atomic E-state index is 0.155. The lowest BCUT2D eigenvalue weighted by molar-refractivity contribution is 0.129. The Hall–Kier alpha value is -0.930. The van der Waals surface area contributed by atoms with E-state index in [2.05, 4.69) is 24.1 Å². The first kappa shape index (κ1) is 13.5. The van der Waals surface area contributed by atoms with Crippen molar-refractivity contribution in [1.82, 2.24) is 10.2 Å². The van der Waals surface area contributed by atoms with Gasteiger partial charge in [-0.15, -0.1) is 0 Å². The molecule has 0 amide bonds. The molecule has 1 aliphatic heterocycles. The smallest absolute Gasteiger partial charge is 0.123 e. The lowest BCUT2D eigenvalue weighted by atomic mass is 9.97. The first-order chi connectivity index (χ1) is 8.69. The van der Waals surface area contributed by atoms with Crippen molar-refractivity contribution in [3.63, 3.8) is 0 Å². The van der Waals surface area contributed by atoms with Crippen LogP contribution in [0.15, 0.2) is 24.3 Å². The summed E-state index contributed by atoms with van der Waals surface area (Å²) in [7, 11) is 0. The lowest BCUT2D eigenvalue weighted by Crippen LogP contribution is -2.46. The van der Waals surface area contributed by atoms with Gasteiger partial charge in [-0.1, -0.05) is 19.1 Å². The number of benzene rings is 1. The summed E-state index contributed by atoms with van der Waals surface area (Å²) in [5.74, 6) is -0.155. The Balaban J connectivity index is 1.89. The van der Waals surface area contributed by atoms with Gasteiger partial charge in [0.2, 0.25) is 0 Å². The number of rotatable bonds is 4. The number of piperidine rings is 1. The van der Waals surface area contributed by atoms with Gasteiger partial charge in [0.1, 0.15) is 5.82 Å². The van der Waals surface area contributed by atoms with Crippen molar-refractivity contribution < 1.29 is 4.39 Å². The number of hydrogen-bond acceptors (Lipinski definition) is 2. The molecule has 2 atom stereocenters. The van der Waals surface area contributed by atoms with E-state index in [1.165, 1.54) is 18.4 Å². The summed E-state index contributed by atoms with van der Waals surface area (Å²) in [6, 6.07) is 8.12. The van der Waals surface area contributed by atoms with Crippen LogP contribution in [0.5, 0.6) is 0 Å². The first-order valence-electron chi connectivity index (χ1n) is 6.91. The maximum atomic E-state index is 12.9. The molecule has 0 spiro atoms. The van der Waals surface area contributed by atoms with E-state index in [-0.39, 0.29) is 5.82 Å². The van der Waals surface area contributed by atoms with E-state index < -0.39 is 0 Å². The standard InChI is InChI=1S/C15H23FN2/c1-3-17-15-8-9-18(12(2)10-15)11-13-4-6-14(16)7-5-13/h4-7,12,15,17H,3,8-11H2,1-2H3. The number of halogens is 1. The van der Waals surface area contributed by atoms with Gasteiger partial charge in [0, 0.05) is 25.2 Å². The summed E-state index contributed by atoms with van der Waals surface area (Å²) in [5, 5.41) is 3.53. The summed E-state index contributed by atoms with van der Waals surface area (Å²) in [6.45, 7) is 7.55. The number of hydrogen-bond donors (Lipinski definition) is 1. The molecule has 18 heavy (non-hydrogen) atoms. The zero-order valence-corrected chi connectivity index (χ0v) is 11.3. The third kappa shape index (κ3) is 3.53. The molecule has 0 bridgehead atoms. The number of nitrogens with zero attached hydrogens (tertiary/aromatic N) is 1. The predicted octanol–water partition coefficient (Wildman–Crippen LogP) is 2.79. The molecule has 1 aromatic carbocycles. The van der Waals surface area contributed by atoms with Crippen LogP contribution in [0.3, 0.4) is 0 Å². The Kier molecular flexibility index (Phi) is 4.72. The molecule has 1 aliphatic rings. The van der Waals surface area contributed by atoms with Crippen molar-refractivity contribution >= 4 is 0 Å². The van der Waals surface area contributed by atoms with Gasteiger partial charge in [0.05, 0.1) is 0 Å². The van der Waals surface area contributed by atoms with Crippen molar-refractivity contribution in [2.45, 2.75) is 45.3 Å². The molecule has 2 unspecified atom stereocenters. The van der Waals surface area contributed by atoms with Gasteiger partial charge in [-0.25, -0.2) is 4.39 Å². The average molecular weight is 250 g/mol. The minimum atomic E-state index is -0.155. The zero-order chi connectivity index (χ0) is 13.0. The van der Waals surface area contributed by atoms with Crippen LogP contribution < -0.4 is 5.32 Å². The van der Waals surface area contributed by atoms with E-state index in [1.807, 2.05) is 12.1 Å². The van der Waals surface area contributed by atoms with Crippen LogP contribution in [0.2, 0.25) is 0 Å². The van der Waals surface area contributed by atoms with Gasteiger partial charge in [0.15, 0.2) is 0 Å². The largest absolute Gasteiger partial charge is 0.314 e. The first-order valence-corrected chi connectivity index (χ1v) is 6.91. The normalized spacial score (nSPS) is 25.3. The van der Waals surface area contributed by atoms with E-state index >= 15 is 0 Å². The van der Waals surface area contributed by atoms with Gasteiger partial charge >= 0.3 is 0 Å². The minimum Gasteiger partial charge on any atom is -0.314 e. The summed E-state index contributed by atoms with van der Waals surface area (Å²) >= 11 is 0. The van der Waals surface area contributed by atoms with Crippen molar-refractivity contribution in [2.75, 3.05) is 13.1 Å². The number of nitrogens with one attached hydrogen (secondary N) is 1. The fourth-order valence-corrected chi connectivity index (χ4v) is 2.75. The second-order valence-corrected chi connectivity index (χ2v) is 5.22. The van der Waals surface area contributed by atoms with Crippen LogP contribution in [-0.2, 0) is 6.54 Å². The molecule has 0 saturated carbocycles. The predicted molar refractivity (Wildman–Crippen MR) is 73.0 cm³/mol. The number of likely N-dealkylation sites (tertiary alicyclic amines) is 1. The van der Waals surface area contributed by atoms with Gasteiger partial charge in [-0.3, -0.25) is 4.90 Å². The second kappa shape index (κ2) is 6.30. The molecule has 2 rings (SSSR count). The molecule has 3 heteroatoms. The highest BCUT2D eigenvalue weighted by atomic mass is 19.1. The zero-order valence-electron chi connectivity index (χ0n) is 11.3. The monoisotopic (exact) mass is 250 g/mol. The van der Waals surface area contributed by atoms with E-state index in [1.54, 1.807) is 12.1 Å². The van der Waals surface area contributed by atoms with Gasteiger partial charge in [0.25, 0.3) is 0 Å². The molecule has 0 radical (unpaired) electrons. The van der Waals surface area contributed by atoms with Crippen molar-refractivity contribution in [1.29, 1.82) is 0 Å². The Bertz CT molecular complexity index is 363. The van der Waals surface area contributed by atoms with Crippen LogP contribution in [0.1, 0.15) is 32.3 Å². The maximum absolute atomic E-state index is 12.9. The van der Waals surface area contributed by atoms with Crippen LogP contribution in [-0.4, -0.2) is 30.1 Å². The fourth-order valence-electron chi connectivity index (χ4n) is 2.75. The molecule has 1 fully saturated rings. The summed E-state index contributed by atoms with van der Waals surface area (Å²) in [5.41, 5.74) is 1.20. The van der Waals surface area contributed by atoms with Gasteiger partial charge in [-0.2, -0.15) is 0 Å². The summed E-state index contributed by atoms with van der Waals surface area (Å²) < 4.78 is 12.9. The SMILES string of the molecule is CCNC1CCN(Cc2ccc(F)cc2)C(C)C1. The third-order valence-corrected chi connectivity index (χ3v) is 3.81. The van der Waals surface area contributed by atoms with Crippen molar-refractivity contribution in [3.05, 3.63) is 35.6 Å². The molecule has 0 aliphatic carbocycles. The molecule has 1 heterocycles. The van der Waals surface area contributed by atoms with Gasteiger partial charge in [-0.05, 0) is 44.0 Å². The second-order valence-electron chi connectivity index (χ2n) is 5.22. The van der Waals surface area contributed by atoms with Crippen LogP contribution in [0.25, 0.3) is 0 Å². The highest BCUT2D eigenvalue weighted by Crippen LogP contribution is 2.19. The molecule has 1 N–H and O–H groups in total.